The Bertz CT molecular complexity index is 3210. The van der Waals surface area contributed by atoms with Crippen LogP contribution in [0.4, 0.5) is 5.82 Å². The van der Waals surface area contributed by atoms with Gasteiger partial charge in [-0.25, -0.2) is 9.98 Å². The third kappa shape index (κ3) is 8.19. The molecule has 7 aromatic rings. The maximum absolute atomic E-state index is 12.7. The van der Waals surface area contributed by atoms with Gasteiger partial charge < -0.3 is 19.6 Å². The van der Waals surface area contributed by atoms with Crippen LogP contribution in [0.3, 0.4) is 0 Å². The molecule has 3 aliphatic rings. The number of fused-ring (bicyclic) bond motifs is 4. The molecule has 3 aliphatic heterocycles. The van der Waals surface area contributed by atoms with Gasteiger partial charge in [0.1, 0.15) is 17.4 Å². The minimum absolute atomic E-state index is 0. The van der Waals surface area contributed by atoms with E-state index in [0.29, 0.717) is 23.1 Å². The van der Waals surface area contributed by atoms with E-state index in [4.69, 9.17) is 19.7 Å². The van der Waals surface area contributed by atoms with Crippen LogP contribution in [0.2, 0.25) is 0 Å². The first-order valence-corrected chi connectivity index (χ1v) is 23.4. The Balaban J connectivity index is 0.00000578. The van der Waals surface area contributed by atoms with Crippen LogP contribution >= 0.6 is 0 Å². The Morgan fingerprint density at radius 1 is 0.647 bits per heavy atom. The van der Waals surface area contributed by atoms with Gasteiger partial charge >= 0.3 is 6.85 Å². The topological polar surface area (TPSA) is 75.8 Å². The molecule has 1 N–H and O–H groups in total. The number of allylic oxidation sites excluding steroid dienone is 2. The second kappa shape index (κ2) is 16.8. The Morgan fingerprint density at radius 3 is 1.94 bits per heavy atom. The molecule has 0 bridgehead atoms. The van der Waals surface area contributed by atoms with Gasteiger partial charge in [-0.2, -0.15) is 0 Å². The van der Waals surface area contributed by atoms with Crippen molar-refractivity contribution in [2.24, 2.45) is 4.99 Å². The molecule has 2 aromatic heterocycles. The van der Waals surface area contributed by atoms with Crippen molar-refractivity contribution in [2.45, 2.75) is 105 Å². The predicted octanol–water partition coefficient (Wildman–Crippen LogP) is 12.9. The number of nitrogens with zero attached hydrogens (tertiary/aromatic N) is 5. The summed E-state index contributed by atoms with van der Waals surface area (Å²) in [5, 5.41) is 12.7. The molecular weight excluding hydrogens is 1020 g/mol. The van der Waals surface area contributed by atoms with E-state index in [0.717, 1.165) is 78.5 Å². The van der Waals surface area contributed by atoms with E-state index in [-0.39, 0.29) is 48.5 Å². The number of aromatic hydroxyl groups is 1. The van der Waals surface area contributed by atoms with E-state index in [1.165, 1.54) is 5.56 Å². The number of hydrogen-bond acceptors (Lipinski definition) is 6. The first-order chi connectivity index (χ1) is 31.7. The van der Waals surface area contributed by atoms with Gasteiger partial charge in [0, 0.05) is 44.1 Å². The average molecular weight is 1080 g/mol. The quantitative estimate of drug-likeness (QED) is 0.137. The largest absolute Gasteiger partial charge is 0.507 e. The Labute approximate surface area is 417 Å². The molecule has 68 heavy (non-hydrogen) atoms. The standard InChI is InChI=1S/C59H59BN5O2.Pt/c1-56(2,3)40-26-27-48(42(33-40)37-22-17-14-18-23-37)64-54(43-34-41(57(4,5)6)35-44(51(43)66)58(7,8)9)63-53-55(64)62-49-24-19-25-50-65(49)60(53)46-31-39(30-45(52(46)67-50)59(10,11)12)47-32-38(28-29-61-47)36-20-15-13-16-21-36;/h13-30,32-35,66H,1-12H3;/q-1;. The van der Waals surface area contributed by atoms with Crippen molar-refractivity contribution in [3.63, 3.8) is 0 Å². The van der Waals surface area contributed by atoms with Crippen LogP contribution in [-0.2, 0) is 42.7 Å². The van der Waals surface area contributed by atoms with Gasteiger partial charge in [0.25, 0.3) is 0 Å². The molecule has 346 valence electrons. The third-order valence-electron chi connectivity index (χ3n) is 13.3. The van der Waals surface area contributed by atoms with Gasteiger partial charge in [0.15, 0.2) is 11.7 Å². The first-order valence-electron chi connectivity index (χ1n) is 23.4. The van der Waals surface area contributed by atoms with Crippen molar-refractivity contribution in [3.8, 4) is 62.1 Å². The van der Waals surface area contributed by atoms with Crippen molar-refractivity contribution in [2.75, 3.05) is 0 Å². The summed E-state index contributed by atoms with van der Waals surface area (Å²) in [6.45, 7) is 26.1. The zero-order valence-electron chi connectivity index (χ0n) is 41.2. The van der Waals surface area contributed by atoms with E-state index in [9.17, 15) is 5.11 Å². The molecule has 0 saturated carbocycles. The van der Waals surface area contributed by atoms with Crippen molar-refractivity contribution < 1.29 is 30.9 Å². The van der Waals surface area contributed by atoms with Crippen LogP contribution in [-0.4, -0.2) is 37.1 Å². The number of amidine groups is 1. The number of hydrogen-bond donors (Lipinski definition) is 1. The second-order valence-corrected chi connectivity index (χ2v) is 22.3. The van der Waals surface area contributed by atoms with E-state index in [2.05, 4.69) is 202 Å². The summed E-state index contributed by atoms with van der Waals surface area (Å²) >= 11 is 0. The molecule has 5 aromatic carbocycles. The van der Waals surface area contributed by atoms with Gasteiger partial charge in [-0.1, -0.05) is 179 Å². The fraction of sp³-hybridized carbons (Fsp3) is 0.271. The number of aliphatic imine (C=N–C) groups is 1. The summed E-state index contributed by atoms with van der Waals surface area (Å²) < 4.78 is 9.21. The summed E-state index contributed by atoms with van der Waals surface area (Å²) in [5.41, 5.74) is 12.3. The third-order valence-corrected chi connectivity index (χ3v) is 13.3. The summed E-state index contributed by atoms with van der Waals surface area (Å²) in [6.07, 6.45) is 7.94. The first kappa shape index (κ1) is 46.9. The van der Waals surface area contributed by atoms with Crippen molar-refractivity contribution in [1.82, 2.24) is 19.3 Å². The minimum atomic E-state index is -0.496. The maximum atomic E-state index is 12.7. The number of aromatic nitrogens is 3. The smallest absolute Gasteiger partial charge is 0.342 e. The summed E-state index contributed by atoms with van der Waals surface area (Å²) in [7, 11) is 0. The predicted molar refractivity (Wildman–Crippen MR) is 277 cm³/mol. The molecule has 7 nitrogen and oxygen atoms in total. The van der Waals surface area contributed by atoms with E-state index < -0.39 is 6.85 Å². The number of imidazole rings is 1. The van der Waals surface area contributed by atoms with E-state index in [1.807, 2.05) is 30.5 Å². The molecule has 0 unspecified atom stereocenters. The zero-order chi connectivity index (χ0) is 47.4. The van der Waals surface area contributed by atoms with Gasteiger partial charge in [0.05, 0.1) is 16.8 Å². The van der Waals surface area contributed by atoms with Crippen LogP contribution in [0.25, 0.3) is 50.6 Å². The summed E-state index contributed by atoms with van der Waals surface area (Å²) in [5.74, 6) is 3.66. The van der Waals surface area contributed by atoms with Gasteiger partial charge in [-0.15, -0.1) is 17.7 Å². The normalized spacial score (nSPS) is 14.3. The monoisotopic (exact) mass is 1080 g/mol. The molecule has 10 rings (SSSR count). The Hall–Kier alpha value is -6.24. The van der Waals surface area contributed by atoms with Crippen LogP contribution < -0.4 is 15.8 Å². The SMILES string of the molecule is CC(C)(C)c1ccc(-n2c(-c3cc(C(C)(C)C)cc(C(C)(C)C)c3O)nc3c2N=C2C=CC=C4Oc5c([c-]c(-c6cc(-c7ccccc7)ccn6)cc5C(C)(C)C)B3N42)c(-c2ccccc2)c1.[Pt]. The van der Waals surface area contributed by atoms with E-state index >= 15 is 0 Å². The molecular formula is C59H59BN5O2Pt-. The Morgan fingerprint density at radius 2 is 1.29 bits per heavy atom. The summed E-state index contributed by atoms with van der Waals surface area (Å²) in [6, 6.07) is 42.3. The number of phenolic OH excluding ortho intramolecular Hbond substituents is 1. The van der Waals surface area contributed by atoms with Gasteiger partial charge in [0.2, 0.25) is 0 Å². The van der Waals surface area contributed by atoms with Crippen molar-refractivity contribution >= 4 is 29.6 Å². The fourth-order valence-corrected chi connectivity index (χ4v) is 9.49. The van der Waals surface area contributed by atoms with Crippen LogP contribution in [0.5, 0.6) is 11.5 Å². The zero-order valence-corrected chi connectivity index (χ0v) is 43.5. The average Bonchev–Trinajstić information content (AvgIpc) is 3.66. The molecule has 5 heterocycles. The van der Waals surface area contributed by atoms with Crippen molar-refractivity contribution in [1.29, 1.82) is 0 Å². The molecule has 0 amide bonds. The van der Waals surface area contributed by atoms with Crippen LogP contribution in [0.1, 0.15) is 105 Å². The Kier molecular flexibility index (Phi) is 11.6. The molecule has 0 spiro atoms. The number of phenols is 1. The number of ether oxygens (including phenoxy) is 1. The molecule has 0 aliphatic carbocycles. The minimum Gasteiger partial charge on any atom is -0.507 e. The van der Waals surface area contributed by atoms with Gasteiger partial charge in [-0.3, -0.25) is 4.57 Å². The number of rotatable bonds is 5. The number of pyridine rings is 1. The van der Waals surface area contributed by atoms with Gasteiger partial charge in [-0.05, 0) is 91.6 Å². The molecule has 0 atom stereocenters. The molecule has 0 fully saturated rings. The van der Waals surface area contributed by atoms with Crippen molar-refractivity contribution in [3.05, 3.63) is 168 Å². The molecule has 9 heteroatoms. The van der Waals surface area contributed by atoms with Crippen LogP contribution in [0, 0.1) is 6.07 Å². The van der Waals surface area contributed by atoms with E-state index in [1.54, 1.807) is 0 Å². The van der Waals surface area contributed by atoms with Crippen LogP contribution in [0.15, 0.2) is 144 Å². The molecule has 0 radical (unpaired) electrons. The summed E-state index contributed by atoms with van der Waals surface area (Å²) in [4.78, 5) is 18.4. The molecule has 0 saturated heterocycles. The fourth-order valence-electron chi connectivity index (χ4n) is 9.49. The number of benzene rings is 5. The second-order valence-electron chi connectivity index (χ2n) is 22.3. The maximum Gasteiger partial charge on any atom is 0.342 e.